The van der Waals surface area contributed by atoms with E-state index in [0.717, 1.165) is 16.5 Å². The van der Waals surface area contributed by atoms with Gasteiger partial charge in [0.2, 0.25) is 0 Å². The molecule has 15 heavy (non-hydrogen) atoms. The van der Waals surface area contributed by atoms with Crippen molar-refractivity contribution in [2.75, 3.05) is 0 Å². The number of hydrogen-bond donors (Lipinski definition) is 2. The normalized spacial score (nSPS) is 12.9. The summed E-state index contributed by atoms with van der Waals surface area (Å²) in [5.41, 5.74) is 9.22. The van der Waals surface area contributed by atoms with Gasteiger partial charge in [-0.25, -0.2) is 5.73 Å². The maximum Gasteiger partial charge on any atom is 0.322 e. The zero-order valence-electron chi connectivity index (χ0n) is 8.03. The minimum Gasteiger partial charge on any atom is -0.480 e. The molecule has 0 aliphatic rings. The van der Waals surface area contributed by atoms with Crippen LogP contribution in [0.3, 0.4) is 0 Å². The second-order valence-corrected chi connectivity index (χ2v) is 3.45. The number of hydrogen-bond acceptors (Lipinski definition) is 1. The molecule has 1 aromatic carbocycles. The Morgan fingerprint density at radius 3 is 2.93 bits per heavy atom. The lowest BCUT2D eigenvalue weighted by Crippen LogP contribution is -2.23. The molecule has 1 radical (unpaired) electrons. The third-order valence-corrected chi connectivity index (χ3v) is 2.40. The summed E-state index contributed by atoms with van der Waals surface area (Å²) >= 11 is 0. The third kappa shape index (κ3) is 1.85. The van der Waals surface area contributed by atoms with E-state index in [4.69, 9.17) is 10.8 Å². The molecule has 0 bridgehead atoms. The van der Waals surface area contributed by atoms with Gasteiger partial charge in [-0.1, -0.05) is 18.2 Å². The monoisotopic (exact) mass is 203 g/mol. The van der Waals surface area contributed by atoms with Crippen molar-refractivity contribution in [3.63, 3.8) is 0 Å². The highest BCUT2D eigenvalue weighted by molar-refractivity contribution is 5.84. The number of H-pyrrole nitrogens is 1. The molecule has 1 heterocycles. The molecule has 1 atom stereocenters. The molecule has 0 aliphatic heterocycles. The van der Waals surface area contributed by atoms with Gasteiger partial charge in [-0.2, -0.15) is 0 Å². The number of rotatable bonds is 3. The Morgan fingerprint density at radius 2 is 2.20 bits per heavy atom. The Kier molecular flexibility index (Phi) is 2.43. The number of carboxylic acids is 1. The molecular formula is C11H11N2O2. The van der Waals surface area contributed by atoms with Crippen LogP contribution in [0.15, 0.2) is 30.5 Å². The summed E-state index contributed by atoms with van der Waals surface area (Å²) in [7, 11) is 0. The van der Waals surface area contributed by atoms with Crippen molar-refractivity contribution in [2.45, 2.75) is 12.5 Å². The van der Waals surface area contributed by atoms with Gasteiger partial charge in [0.1, 0.15) is 6.04 Å². The van der Waals surface area contributed by atoms with Crippen LogP contribution in [0.5, 0.6) is 0 Å². The van der Waals surface area contributed by atoms with E-state index < -0.39 is 12.0 Å². The van der Waals surface area contributed by atoms with Crippen LogP contribution >= 0.6 is 0 Å². The van der Waals surface area contributed by atoms with E-state index in [0.29, 0.717) is 0 Å². The predicted octanol–water partition coefficient (Wildman–Crippen LogP) is 1.45. The van der Waals surface area contributed by atoms with Crippen molar-refractivity contribution in [3.05, 3.63) is 36.0 Å². The smallest absolute Gasteiger partial charge is 0.322 e. The SMILES string of the molecule is [NH]C(Cc1c[nH]c2ccccc12)C(=O)O. The number of carboxylic acid groups (broad SMARTS) is 1. The zero-order chi connectivity index (χ0) is 10.8. The van der Waals surface area contributed by atoms with E-state index in [9.17, 15) is 4.79 Å². The number of carbonyl (C=O) groups is 1. The van der Waals surface area contributed by atoms with Crippen LogP contribution in [0.1, 0.15) is 5.56 Å². The largest absolute Gasteiger partial charge is 0.480 e. The van der Waals surface area contributed by atoms with Crippen molar-refractivity contribution in [2.24, 2.45) is 0 Å². The van der Waals surface area contributed by atoms with Crippen LogP contribution in [0.2, 0.25) is 0 Å². The van der Waals surface area contributed by atoms with Crippen LogP contribution in [0.4, 0.5) is 0 Å². The zero-order valence-corrected chi connectivity index (χ0v) is 8.03. The molecule has 1 aromatic heterocycles. The summed E-state index contributed by atoms with van der Waals surface area (Å²) in [6, 6.07) is 6.58. The summed E-state index contributed by atoms with van der Waals surface area (Å²) in [5.74, 6) is -1.08. The molecule has 3 N–H and O–H groups in total. The fraction of sp³-hybridized carbons (Fsp3) is 0.182. The molecule has 0 saturated heterocycles. The van der Waals surface area contributed by atoms with Gasteiger partial charge >= 0.3 is 5.97 Å². The second kappa shape index (κ2) is 3.74. The Hall–Kier alpha value is -1.81. The van der Waals surface area contributed by atoms with Gasteiger partial charge in [-0.15, -0.1) is 0 Å². The highest BCUT2D eigenvalue weighted by Gasteiger charge is 2.15. The average Bonchev–Trinajstić information content (AvgIpc) is 2.62. The molecule has 0 amide bonds. The molecule has 1 unspecified atom stereocenters. The molecule has 0 spiro atoms. The summed E-state index contributed by atoms with van der Waals surface area (Å²) in [6.45, 7) is 0. The van der Waals surface area contributed by atoms with Crippen molar-refractivity contribution in [1.82, 2.24) is 10.7 Å². The van der Waals surface area contributed by atoms with E-state index in [1.54, 1.807) is 6.20 Å². The number of aromatic nitrogens is 1. The van der Waals surface area contributed by atoms with Crippen molar-refractivity contribution < 1.29 is 9.90 Å². The van der Waals surface area contributed by atoms with Crippen LogP contribution < -0.4 is 5.73 Å². The van der Waals surface area contributed by atoms with Crippen molar-refractivity contribution in [3.8, 4) is 0 Å². The van der Waals surface area contributed by atoms with Gasteiger partial charge in [0.25, 0.3) is 0 Å². The first-order valence-corrected chi connectivity index (χ1v) is 4.67. The molecule has 0 fully saturated rings. The van der Waals surface area contributed by atoms with Crippen LogP contribution in [0.25, 0.3) is 10.9 Å². The first-order valence-electron chi connectivity index (χ1n) is 4.67. The molecular weight excluding hydrogens is 192 g/mol. The number of para-hydroxylation sites is 1. The molecule has 2 rings (SSSR count). The number of nitrogens with one attached hydrogen (secondary N) is 2. The van der Waals surface area contributed by atoms with E-state index in [2.05, 4.69) is 4.98 Å². The van der Waals surface area contributed by atoms with Crippen molar-refractivity contribution in [1.29, 1.82) is 0 Å². The topological polar surface area (TPSA) is 76.9 Å². The van der Waals surface area contributed by atoms with Crippen LogP contribution in [-0.4, -0.2) is 22.1 Å². The Balaban J connectivity index is 2.32. The lowest BCUT2D eigenvalue weighted by molar-refractivity contribution is -0.138. The summed E-state index contributed by atoms with van der Waals surface area (Å²) in [4.78, 5) is 13.6. The Labute approximate surface area is 86.7 Å². The van der Waals surface area contributed by atoms with Crippen molar-refractivity contribution >= 4 is 16.9 Å². The highest BCUT2D eigenvalue weighted by atomic mass is 16.4. The van der Waals surface area contributed by atoms with E-state index >= 15 is 0 Å². The van der Waals surface area contributed by atoms with E-state index in [1.807, 2.05) is 24.3 Å². The van der Waals surface area contributed by atoms with Gasteiger partial charge in [-0.3, -0.25) is 4.79 Å². The molecule has 77 valence electrons. The fourth-order valence-electron chi connectivity index (χ4n) is 1.61. The summed E-state index contributed by atoms with van der Waals surface area (Å²) < 4.78 is 0. The van der Waals surface area contributed by atoms with Gasteiger partial charge in [0.15, 0.2) is 0 Å². The maximum absolute atomic E-state index is 10.6. The molecule has 4 heteroatoms. The van der Waals surface area contributed by atoms with Crippen LogP contribution in [0, 0.1) is 0 Å². The number of benzene rings is 1. The Bertz CT molecular complexity index is 490. The summed E-state index contributed by atoms with van der Waals surface area (Å²) in [5, 5.41) is 9.65. The minimum atomic E-state index is -1.09. The lowest BCUT2D eigenvalue weighted by Gasteiger charge is -2.03. The molecule has 0 aliphatic carbocycles. The number of fused-ring (bicyclic) bond motifs is 1. The summed E-state index contributed by atoms with van der Waals surface area (Å²) in [6.07, 6.45) is 2.01. The predicted molar refractivity (Wildman–Crippen MR) is 56.5 cm³/mol. The highest BCUT2D eigenvalue weighted by Crippen LogP contribution is 2.18. The van der Waals surface area contributed by atoms with Gasteiger partial charge in [0.05, 0.1) is 0 Å². The molecule has 4 nitrogen and oxygen atoms in total. The first-order chi connectivity index (χ1) is 7.18. The van der Waals surface area contributed by atoms with Crippen LogP contribution in [-0.2, 0) is 11.2 Å². The Morgan fingerprint density at radius 1 is 1.47 bits per heavy atom. The first kappa shape index (κ1) is 9.73. The lowest BCUT2D eigenvalue weighted by atomic mass is 10.1. The van der Waals surface area contributed by atoms with Gasteiger partial charge in [-0.05, 0) is 11.6 Å². The van der Waals surface area contributed by atoms with E-state index in [1.165, 1.54) is 0 Å². The molecule has 2 aromatic rings. The fourth-order valence-corrected chi connectivity index (χ4v) is 1.61. The average molecular weight is 203 g/mol. The number of aliphatic carboxylic acids is 1. The van der Waals surface area contributed by atoms with Gasteiger partial charge in [0, 0.05) is 23.5 Å². The second-order valence-electron chi connectivity index (χ2n) is 3.45. The van der Waals surface area contributed by atoms with E-state index in [-0.39, 0.29) is 6.42 Å². The maximum atomic E-state index is 10.6. The van der Waals surface area contributed by atoms with Gasteiger partial charge < -0.3 is 10.1 Å². The quantitative estimate of drug-likeness (QED) is 0.791. The minimum absolute atomic E-state index is 0.235. The third-order valence-electron chi connectivity index (χ3n) is 2.40. The molecule has 0 saturated carbocycles. The number of aromatic amines is 1. The standard InChI is InChI=1S/C11H11N2O2/c12-9(11(14)15)5-7-6-13-10-4-2-1-3-8(7)10/h1-4,6,9,12-13H,5H2,(H,14,15).